The number of hydrazone groups is 1. The van der Waals surface area contributed by atoms with Crippen molar-refractivity contribution in [2.24, 2.45) is 5.10 Å². The first-order chi connectivity index (χ1) is 12.6. The minimum absolute atomic E-state index is 0.232. The number of hydrogen-bond acceptors (Lipinski definition) is 3. The Labute approximate surface area is 153 Å². The molecule has 0 saturated heterocycles. The van der Waals surface area contributed by atoms with Crippen molar-refractivity contribution >= 4 is 17.3 Å². The first-order valence-corrected chi connectivity index (χ1v) is 8.41. The largest absolute Gasteiger partial charge is 0.378 e. The molecule has 0 fully saturated rings. The van der Waals surface area contributed by atoms with Crippen molar-refractivity contribution in [1.82, 2.24) is 5.43 Å². The van der Waals surface area contributed by atoms with E-state index in [2.05, 4.69) is 10.5 Å². The van der Waals surface area contributed by atoms with E-state index in [1.807, 2.05) is 91.8 Å². The van der Waals surface area contributed by atoms with Gasteiger partial charge in [0.05, 0.1) is 5.71 Å². The van der Waals surface area contributed by atoms with Crippen LogP contribution in [0.25, 0.3) is 0 Å². The van der Waals surface area contributed by atoms with Crippen LogP contribution in [-0.2, 0) is 0 Å². The fourth-order valence-corrected chi connectivity index (χ4v) is 2.57. The van der Waals surface area contributed by atoms with Gasteiger partial charge in [0.15, 0.2) is 0 Å². The van der Waals surface area contributed by atoms with Crippen LogP contribution in [-0.4, -0.2) is 25.7 Å². The SMILES string of the molecule is CN(C)c1ccc(/C(=N/NC(=O)c2ccccc2)c2ccccc2)cc1. The number of hydrogen-bond donors (Lipinski definition) is 1. The van der Waals surface area contributed by atoms with Crippen LogP contribution in [0.1, 0.15) is 21.5 Å². The molecule has 4 nitrogen and oxygen atoms in total. The van der Waals surface area contributed by atoms with Gasteiger partial charge in [-0.15, -0.1) is 0 Å². The van der Waals surface area contributed by atoms with Crippen LogP contribution in [0.5, 0.6) is 0 Å². The summed E-state index contributed by atoms with van der Waals surface area (Å²) in [5.41, 5.74) is 6.96. The molecule has 0 bridgehead atoms. The van der Waals surface area contributed by atoms with Crippen LogP contribution in [0, 0.1) is 0 Å². The maximum atomic E-state index is 12.3. The minimum atomic E-state index is -0.232. The van der Waals surface area contributed by atoms with Crippen LogP contribution in [0.15, 0.2) is 90.0 Å². The Kier molecular flexibility index (Phi) is 5.44. The summed E-state index contributed by atoms with van der Waals surface area (Å²) >= 11 is 0. The number of benzene rings is 3. The number of carbonyl (C=O) groups is 1. The molecule has 1 amide bonds. The highest BCUT2D eigenvalue weighted by Gasteiger charge is 2.09. The lowest BCUT2D eigenvalue weighted by Gasteiger charge is -2.13. The molecular weight excluding hydrogens is 322 g/mol. The van der Waals surface area contributed by atoms with Gasteiger partial charge in [-0.3, -0.25) is 4.79 Å². The number of nitrogens with zero attached hydrogens (tertiary/aromatic N) is 2. The molecule has 0 aliphatic heterocycles. The summed E-state index contributed by atoms with van der Waals surface area (Å²) in [6.45, 7) is 0. The fourth-order valence-electron chi connectivity index (χ4n) is 2.57. The van der Waals surface area contributed by atoms with Gasteiger partial charge in [0.25, 0.3) is 5.91 Å². The van der Waals surface area contributed by atoms with Gasteiger partial charge in [0, 0.05) is 36.5 Å². The van der Waals surface area contributed by atoms with Gasteiger partial charge in [-0.25, -0.2) is 5.43 Å². The molecule has 3 aromatic rings. The Morgan fingerprint density at radius 3 is 1.77 bits per heavy atom. The van der Waals surface area contributed by atoms with Gasteiger partial charge < -0.3 is 4.90 Å². The van der Waals surface area contributed by atoms with E-state index in [0.29, 0.717) is 5.56 Å². The smallest absolute Gasteiger partial charge is 0.271 e. The molecule has 0 aliphatic rings. The van der Waals surface area contributed by atoms with Crippen molar-refractivity contribution < 1.29 is 4.79 Å². The molecular formula is C22H21N3O. The van der Waals surface area contributed by atoms with E-state index in [-0.39, 0.29) is 5.91 Å². The minimum Gasteiger partial charge on any atom is -0.378 e. The normalized spacial score (nSPS) is 11.1. The molecule has 26 heavy (non-hydrogen) atoms. The van der Waals surface area contributed by atoms with Crippen molar-refractivity contribution in [2.75, 3.05) is 19.0 Å². The predicted octanol–water partition coefficient (Wildman–Crippen LogP) is 3.94. The Hall–Kier alpha value is -3.40. The third-order valence-corrected chi connectivity index (χ3v) is 4.01. The quantitative estimate of drug-likeness (QED) is 0.563. The monoisotopic (exact) mass is 343 g/mol. The van der Waals surface area contributed by atoms with Gasteiger partial charge in [-0.05, 0) is 24.3 Å². The molecule has 130 valence electrons. The van der Waals surface area contributed by atoms with Crippen molar-refractivity contribution in [2.45, 2.75) is 0 Å². The molecule has 0 spiro atoms. The van der Waals surface area contributed by atoms with Crippen molar-refractivity contribution in [1.29, 1.82) is 0 Å². The van der Waals surface area contributed by atoms with Crippen LogP contribution in [0.3, 0.4) is 0 Å². The number of rotatable bonds is 5. The zero-order valence-electron chi connectivity index (χ0n) is 14.9. The van der Waals surface area contributed by atoms with E-state index in [9.17, 15) is 4.79 Å². The third-order valence-electron chi connectivity index (χ3n) is 4.01. The van der Waals surface area contributed by atoms with Crippen LogP contribution in [0.2, 0.25) is 0 Å². The molecule has 0 aromatic heterocycles. The molecule has 0 heterocycles. The Morgan fingerprint density at radius 1 is 0.731 bits per heavy atom. The number of nitrogens with one attached hydrogen (secondary N) is 1. The summed E-state index contributed by atoms with van der Waals surface area (Å²) in [6.07, 6.45) is 0. The maximum absolute atomic E-state index is 12.3. The molecule has 0 radical (unpaired) electrons. The standard InChI is InChI=1S/C22H21N3O/c1-25(2)20-15-13-18(14-16-20)21(17-9-5-3-6-10-17)23-24-22(26)19-11-7-4-8-12-19/h3-16H,1-2H3,(H,24,26)/b23-21+. The van der Waals surface area contributed by atoms with Gasteiger partial charge in [0.1, 0.15) is 0 Å². The molecule has 1 N–H and O–H groups in total. The highest BCUT2D eigenvalue weighted by atomic mass is 16.2. The Morgan fingerprint density at radius 2 is 1.23 bits per heavy atom. The van der Waals surface area contributed by atoms with E-state index in [1.54, 1.807) is 12.1 Å². The molecule has 4 heteroatoms. The van der Waals surface area contributed by atoms with E-state index < -0.39 is 0 Å². The Balaban J connectivity index is 1.92. The van der Waals surface area contributed by atoms with Crippen molar-refractivity contribution in [3.8, 4) is 0 Å². The summed E-state index contributed by atoms with van der Waals surface area (Å²) in [5.74, 6) is -0.232. The summed E-state index contributed by atoms with van der Waals surface area (Å²) in [6, 6.07) is 27.0. The average molecular weight is 343 g/mol. The lowest BCUT2D eigenvalue weighted by Crippen LogP contribution is -2.20. The summed E-state index contributed by atoms with van der Waals surface area (Å²) in [4.78, 5) is 14.4. The second-order valence-electron chi connectivity index (χ2n) is 6.07. The lowest BCUT2D eigenvalue weighted by molar-refractivity contribution is 0.0955. The van der Waals surface area contributed by atoms with E-state index in [4.69, 9.17) is 0 Å². The van der Waals surface area contributed by atoms with E-state index in [0.717, 1.165) is 22.5 Å². The van der Waals surface area contributed by atoms with Crippen LogP contribution in [0.4, 0.5) is 5.69 Å². The van der Waals surface area contributed by atoms with Gasteiger partial charge >= 0.3 is 0 Å². The first-order valence-electron chi connectivity index (χ1n) is 8.41. The third kappa shape index (κ3) is 4.16. The first kappa shape index (κ1) is 17.4. The zero-order chi connectivity index (χ0) is 18.4. The molecule has 3 rings (SSSR count). The number of anilines is 1. The van der Waals surface area contributed by atoms with Gasteiger partial charge in [0.2, 0.25) is 0 Å². The summed E-state index contributed by atoms with van der Waals surface area (Å²) < 4.78 is 0. The Bertz CT molecular complexity index is 886. The maximum Gasteiger partial charge on any atom is 0.271 e. The second-order valence-corrected chi connectivity index (χ2v) is 6.07. The zero-order valence-corrected chi connectivity index (χ0v) is 14.9. The van der Waals surface area contributed by atoms with Gasteiger partial charge in [-0.1, -0.05) is 60.7 Å². The topological polar surface area (TPSA) is 44.7 Å². The van der Waals surface area contributed by atoms with Crippen LogP contribution < -0.4 is 10.3 Å². The number of amides is 1. The average Bonchev–Trinajstić information content (AvgIpc) is 2.70. The van der Waals surface area contributed by atoms with E-state index >= 15 is 0 Å². The molecule has 0 atom stereocenters. The molecule has 3 aromatic carbocycles. The summed E-state index contributed by atoms with van der Waals surface area (Å²) in [5, 5.41) is 4.42. The highest BCUT2D eigenvalue weighted by Crippen LogP contribution is 2.16. The number of carbonyl (C=O) groups excluding carboxylic acids is 1. The van der Waals surface area contributed by atoms with Crippen LogP contribution >= 0.6 is 0 Å². The van der Waals surface area contributed by atoms with Crippen molar-refractivity contribution in [3.63, 3.8) is 0 Å². The van der Waals surface area contributed by atoms with Crippen molar-refractivity contribution in [3.05, 3.63) is 102 Å². The van der Waals surface area contributed by atoms with E-state index in [1.165, 1.54) is 0 Å². The van der Waals surface area contributed by atoms with Gasteiger partial charge in [-0.2, -0.15) is 5.10 Å². The molecule has 0 aliphatic carbocycles. The predicted molar refractivity (Wildman–Crippen MR) is 107 cm³/mol. The second kappa shape index (κ2) is 8.12. The fraction of sp³-hybridized carbons (Fsp3) is 0.0909. The molecule has 0 unspecified atom stereocenters. The highest BCUT2D eigenvalue weighted by molar-refractivity contribution is 6.13. The lowest BCUT2D eigenvalue weighted by atomic mass is 10.0. The summed E-state index contributed by atoms with van der Waals surface area (Å²) in [7, 11) is 4.00. The molecule has 0 saturated carbocycles.